The summed E-state index contributed by atoms with van der Waals surface area (Å²) in [6, 6.07) is 13.5. The number of benzene rings is 2. The predicted octanol–water partition coefficient (Wildman–Crippen LogP) is 5.57. The second kappa shape index (κ2) is 12.3. The van der Waals surface area contributed by atoms with Crippen LogP contribution in [0.2, 0.25) is 0 Å². The van der Waals surface area contributed by atoms with Crippen molar-refractivity contribution in [2.75, 3.05) is 4.72 Å². The Bertz CT molecular complexity index is 1610. The fourth-order valence-electron chi connectivity index (χ4n) is 5.49. The number of carboxylic acid groups (broad SMARTS) is 1. The molecule has 2 aromatic carbocycles. The fraction of sp³-hybridized carbons (Fsp3) is 0.367. The quantitative estimate of drug-likeness (QED) is 0.153. The first-order chi connectivity index (χ1) is 20.4. The molecule has 2 aromatic heterocycles. The molecule has 1 unspecified atom stereocenters. The van der Waals surface area contributed by atoms with Crippen molar-refractivity contribution in [3.63, 3.8) is 0 Å². The summed E-state index contributed by atoms with van der Waals surface area (Å²) in [6.45, 7) is 0.368. The van der Waals surface area contributed by atoms with E-state index in [0.29, 0.717) is 29.7 Å². The zero-order valence-electron chi connectivity index (χ0n) is 23.0. The lowest BCUT2D eigenvalue weighted by atomic mass is 9.96. The summed E-state index contributed by atoms with van der Waals surface area (Å²) in [4.78, 5) is 16.0. The van der Waals surface area contributed by atoms with E-state index in [9.17, 15) is 18.7 Å². The summed E-state index contributed by atoms with van der Waals surface area (Å²) in [6.07, 6.45) is 8.22. The molecule has 2 aliphatic carbocycles. The van der Waals surface area contributed by atoms with Gasteiger partial charge in [0.2, 0.25) is 5.13 Å². The zero-order chi connectivity index (χ0) is 29.2. The summed E-state index contributed by atoms with van der Waals surface area (Å²) in [7, 11) is 0. The van der Waals surface area contributed by atoms with Crippen molar-refractivity contribution in [1.29, 1.82) is 0 Å². The number of aromatic nitrogens is 3. The molecule has 0 bridgehead atoms. The van der Waals surface area contributed by atoms with Gasteiger partial charge in [0.05, 0.1) is 17.5 Å². The molecule has 0 radical (unpaired) electrons. The highest BCUT2D eigenvalue weighted by molar-refractivity contribution is 7.80. The van der Waals surface area contributed by atoms with Crippen LogP contribution in [0.25, 0.3) is 16.4 Å². The molecule has 5 N–H and O–H groups in total. The summed E-state index contributed by atoms with van der Waals surface area (Å²) >= 11 is -0.891. The van der Waals surface area contributed by atoms with Crippen LogP contribution >= 0.6 is 11.3 Å². The number of nitrogens with one attached hydrogen (secondary N) is 1. The Morgan fingerprint density at radius 1 is 1.14 bits per heavy atom. The molecule has 2 saturated carbocycles. The number of hydrogen-bond acceptors (Lipinski definition) is 7. The van der Waals surface area contributed by atoms with E-state index in [0.717, 1.165) is 84.3 Å². The van der Waals surface area contributed by atoms with Crippen molar-refractivity contribution in [1.82, 2.24) is 14.8 Å². The fourth-order valence-corrected chi connectivity index (χ4v) is 6.60. The molecular weight excluding hydrogens is 574 g/mol. The maximum Gasteiger partial charge on any atom is 0.355 e. The molecule has 0 spiro atoms. The van der Waals surface area contributed by atoms with Crippen molar-refractivity contribution in [3.05, 3.63) is 75.9 Å². The van der Waals surface area contributed by atoms with Crippen LogP contribution in [0.15, 0.2) is 47.8 Å². The number of rotatable bonds is 12. The van der Waals surface area contributed by atoms with Crippen LogP contribution in [0.4, 0.5) is 5.69 Å². The lowest BCUT2D eigenvalue weighted by Gasteiger charge is -2.17. The third-order valence-corrected chi connectivity index (χ3v) is 9.08. The molecule has 6 rings (SSSR count). The van der Waals surface area contributed by atoms with Gasteiger partial charge in [0, 0.05) is 40.7 Å². The van der Waals surface area contributed by atoms with E-state index in [2.05, 4.69) is 9.71 Å². The van der Waals surface area contributed by atoms with Crippen molar-refractivity contribution < 1.29 is 23.4 Å². The molecule has 1 atom stereocenters. The molecule has 2 aliphatic rings. The predicted molar refractivity (Wildman–Crippen MR) is 162 cm³/mol. The van der Waals surface area contributed by atoms with E-state index in [-0.39, 0.29) is 11.8 Å². The monoisotopic (exact) mass is 607 g/mol. The van der Waals surface area contributed by atoms with Crippen LogP contribution in [0, 0.1) is 5.92 Å². The normalized spacial score (nSPS) is 16.0. The van der Waals surface area contributed by atoms with Gasteiger partial charge in [-0.3, -0.25) is 9.27 Å². The van der Waals surface area contributed by atoms with Gasteiger partial charge in [0.15, 0.2) is 5.69 Å². The Morgan fingerprint density at radius 2 is 1.90 bits per heavy atom. The van der Waals surface area contributed by atoms with Crippen LogP contribution in [0.1, 0.15) is 71.4 Å². The number of nitrogens with two attached hydrogens (primary N) is 1. The molecule has 0 amide bonds. The molecular formula is C30H33N5O5S2. The molecule has 2 heterocycles. The van der Waals surface area contributed by atoms with E-state index in [1.807, 2.05) is 35.0 Å². The first-order valence-corrected chi connectivity index (χ1v) is 16.1. The Hall–Kier alpha value is -3.58. The Morgan fingerprint density at radius 3 is 2.55 bits per heavy atom. The second-order valence-electron chi connectivity index (χ2n) is 10.9. The number of nitrogens with zero attached hydrogens (tertiary/aromatic N) is 3. The van der Waals surface area contributed by atoms with E-state index < -0.39 is 17.2 Å². The summed E-state index contributed by atoms with van der Waals surface area (Å²) < 4.78 is 31.1. The number of carbonyl (C=O) groups is 1. The average molecular weight is 608 g/mol. The minimum atomic E-state index is -2.15. The lowest BCUT2D eigenvalue weighted by Crippen LogP contribution is -2.13. The highest BCUT2D eigenvalue weighted by Crippen LogP contribution is 2.39. The van der Waals surface area contributed by atoms with Crippen LogP contribution in [-0.2, 0) is 30.7 Å². The van der Waals surface area contributed by atoms with Crippen LogP contribution in [0.5, 0.6) is 5.75 Å². The molecule has 42 heavy (non-hydrogen) atoms. The minimum absolute atomic E-state index is 0.00474. The van der Waals surface area contributed by atoms with Crippen LogP contribution in [-0.4, -0.2) is 40.7 Å². The largest absolute Gasteiger partial charge is 0.490 e. The number of aromatic carboxylic acids is 1. The first-order valence-electron chi connectivity index (χ1n) is 14.1. The molecule has 0 aliphatic heterocycles. The third-order valence-electron chi connectivity index (χ3n) is 7.86. The van der Waals surface area contributed by atoms with Crippen molar-refractivity contribution in [3.8, 4) is 22.1 Å². The van der Waals surface area contributed by atoms with Crippen molar-refractivity contribution >= 4 is 34.3 Å². The van der Waals surface area contributed by atoms with Gasteiger partial charge in [-0.2, -0.15) is 5.10 Å². The van der Waals surface area contributed by atoms with Gasteiger partial charge < -0.3 is 15.6 Å². The van der Waals surface area contributed by atoms with E-state index in [4.69, 9.17) is 15.6 Å². The maximum absolute atomic E-state index is 11.6. The Kier molecular flexibility index (Phi) is 8.38. The van der Waals surface area contributed by atoms with Gasteiger partial charge in [-0.15, -0.1) is 11.3 Å². The van der Waals surface area contributed by atoms with Gasteiger partial charge in [0.1, 0.15) is 5.75 Å². The van der Waals surface area contributed by atoms with Crippen LogP contribution < -0.4 is 15.2 Å². The second-order valence-corrected chi connectivity index (χ2v) is 12.5. The molecule has 220 valence electrons. The number of ether oxygens (including phenoxy) is 1. The molecule has 10 nitrogen and oxygen atoms in total. The van der Waals surface area contributed by atoms with Gasteiger partial charge >= 0.3 is 5.97 Å². The summed E-state index contributed by atoms with van der Waals surface area (Å²) in [5, 5.41) is 16.7. The Balaban J connectivity index is 1.46. The van der Waals surface area contributed by atoms with E-state index in [1.165, 1.54) is 11.3 Å². The number of carboxylic acids is 1. The SMILES string of the molecule is NCc1ccc(-c2nn(-c3nc(C(=O)O)cs3)c(CC3CC3)c2Cc2ccc(NS(=O)O)cc2)cc1OC1CCCC1. The lowest BCUT2D eigenvalue weighted by molar-refractivity contribution is 0.0691. The highest BCUT2D eigenvalue weighted by Gasteiger charge is 2.30. The standard InChI is InChI=1S/C30H33N5O5S2/c31-16-21-10-9-20(15-27(21)40-23-3-1-2-4-23)28-24(13-18-7-11-22(12-8-18)34-42(38)39)26(14-19-5-6-19)35(33-28)30-32-25(17-41-30)29(36)37/h7-12,15,17,19,23,34H,1-6,13-14,16,31H2,(H,36,37)(H,38,39). The number of anilines is 1. The van der Waals surface area contributed by atoms with Crippen molar-refractivity contribution in [2.45, 2.75) is 64.0 Å². The van der Waals surface area contributed by atoms with E-state index in [1.54, 1.807) is 17.5 Å². The first kappa shape index (κ1) is 28.5. The van der Waals surface area contributed by atoms with Crippen LogP contribution in [0.3, 0.4) is 0 Å². The molecule has 12 heteroatoms. The van der Waals surface area contributed by atoms with Gasteiger partial charge in [-0.05, 0) is 74.6 Å². The summed E-state index contributed by atoms with van der Waals surface area (Å²) in [5.74, 6) is 0.247. The molecule has 2 fully saturated rings. The maximum atomic E-state index is 11.6. The average Bonchev–Trinajstić information content (AvgIpc) is 3.31. The third kappa shape index (κ3) is 6.41. The van der Waals surface area contributed by atoms with Gasteiger partial charge in [0.25, 0.3) is 11.3 Å². The van der Waals surface area contributed by atoms with E-state index >= 15 is 0 Å². The highest BCUT2D eigenvalue weighted by atomic mass is 32.2. The minimum Gasteiger partial charge on any atom is -0.490 e. The zero-order valence-corrected chi connectivity index (χ0v) is 24.6. The van der Waals surface area contributed by atoms with Crippen molar-refractivity contribution in [2.24, 2.45) is 11.7 Å². The summed E-state index contributed by atoms with van der Waals surface area (Å²) in [5.41, 5.74) is 12.3. The smallest absolute Gasteiger partial charge is 0.355 e. The topological polar surface area (TPSA) is 153 Å². The molecule has 0 saturated heterocycles. The Labute approximate surface area is 250 Å². The number of hydrogen-bond donors (Lipinski definition) is 4. The van der Waals surface area contributed by atoms with Gasteiger partial charge in [-0.25, -0.2) is 18.7 Å². The number of thiazole rings is 1. The molecule has 4 aromatic rings. The van der Waals surface area contributed by atoms with Gasteiger partial charge in [-0.1, -0.05) is 24.3 Å².